The van der Waals surface area contributed by atoms with Crippen LogP contribution in [-0.2, 0) is 33.2 Å². The van der Waals surface area contributed by atoms with Crippen LogP contribution < -0.4 is 0 Å². The van der Waals surface area contributed by atoms with Gasteiger partial charge in [0.2, 0.25) is 0 Å². The van der Waals surface area contributed by atoms with Crippen LogP contribution in [-0.4, -0.2) is 118 Å². The van der Waals surface area contributed by atoms with Crippen molar-refractivity contribution >= 4 is 5.97 Å². The molecule has 4 aliphatic rings. The summed E-state index contributed by atoms with van der Waals surface area (Å²) < 4.78 is 36.2. The molecule has 0 aromatic rings. The highest BCUT2D eigenvalue weighted by atomic mass is 16.7. The first kappa shape index (κ1) is 30.0. The van der Waals surface area contributed by atoms with Crippen molar-refractivity contribution in [2.75, 3.05) is 13.2 Å². The van der Waals surface area contributed by atoms with Gasteiger partial charge in [0, 0.05) is 6.61 Å². The number of rotatable bonds is 6. The second kappa shape index (κ2) is 13.6. The van der Waals surface area contributed by atoms with Crippen molar-refractivity contribution in [3.63, 3.8) is 0 Å². The molecular formula is C26H44O12. The third-order valence-corrected chi connectivity index (χ3v) is 8.25. The fourth-order valence-electron chi connectivity index (χ4n) is 5.93. The highest BCUT2D eigenvalue weighted by Gasteiger charge is 2.49. The summed E-state index contributed by atoms with van der Waals surface area (Å²) in [6, 6.07) is 0. The molecule has 3 saturated heterocycles. The van der Waals surface area contributed by atoms with Gasteiger partial charge in [0.05, 0.1) is 24.9 Å². The summed E-state index contributed by atoms with van der Waals surface area (Å²) >= 11 is 0. The van der Waals surface area contributed by atoms with Crippen molar-refractivity contribution in [2.24, 2.45) is 5.92 Å². The number of carbonyl (C=O) groups is 1. The van der Waals surface area contributed by atoms with Gasteiger partial charge in [-0.1, -0.05) is 32.6 Å². The first-order valence-electron chi connectivity index (χ1n) is 14.0. The highest BCUT2D eigenvalue weighted by molar-refractivity contribution is 5.72. The molecule has 12 heteroatoms. The van der Waals surface area contributed by atoms with Crippen LogP contribution in [0.3, 0.4) is 0 Å². The molecule has 3 aliphatic heterocycles. The SMILES string of the molecule is CCC1CCCC(OC2OCC(O)C3OC(C(=O)O)CCCCCOC23)C1OC1OC(C)C(O)C(O)C1O. The Morgan fingerprint density at radius 3 is 2.37 bits per heavy atom. The van der Waals surface area contributed by atoms with Gasteiger partial charge in [0.1, 0.15) is 36.6 Å². The van der Waals surface area contributed by atoms with Gasteiger partial charge in [0.25, 0.3) is 0 Å². The van der Waals surface area contributed by atoms with Crippen LogP contribution >= 0.6 is 0 Å². The topological polar surface area (TPSA) is 174 Å². The molecule has 5 N–H and O–H groups in total. The molecule has 0 amide bonds. The van der Waals surface area contributed by atoms with E-state index in [1.54, 1.807) is 6.92 Å². The second-order valence-electron chi connectivity index (χ2n) is 10.9. The lowest BCUT2D eigenvalue weighted by molar-refractivity contribution is -0.341. The van der Waals surface area contributed by atoms with Crippen molar-refractivity contribution in [3.8, 4) is 0 Å². The summed E-state index contributed by atoms with van der Waals surface area (Å²) in [5.41, 5.74) is 0. The molecule has 13 unspecified atom stereocenters. The first-order chi connectivity index (χ1) is 18.2. The zero-order valence-corrected chi connectivity index (χ0v) is 22.2. The third-order valence-electron chi connectivity index (χ3n) is 8.25. The van der Waals surface area contributed by atoms with Crippen LogP contribution in [0.1, 0.15) is 65.2 Å². The van der Waals surface area contributed by atoms with Crippen LogP contribution in [0, 0.1) is 5.92 Å². The summed E-state index contributed by atoms with van der Waals surface area (Å²) in [7, 11) is 0. The van der Waals surface area contributed by atoms with Crippen LogP contribution in [0.2, 0.25) is 0 Å². The largest absolute Gasteiger partial charge is 0.479 e. The van der Waals surface area contributed by atoms with E-state index in [9.17, 15) is 30.3 Å². The van der Waals surface area contributed by atoms with E-state index in [2.05, 4.69) is 0 Å². The van der Waals surface area contributed by atoms with Crippen LogP contribution in [0.25, 0.3) is 0 Å². The molecular weight excluding hydrogens is 504 g/mol. The highest BCUT2D eigenvalue weighted by Crippen LogP contribution is 2.37. The lowest BCUT2D eigenvalue weighted by Gasteiger charge is -2.47. The molecule has 0 aromatic carbocycles. The number of aliphatic hydroxyl groups is 4. The summed E-state index contributed by atoms with van der Waals surface area (Å²) in [5, 5.41) is 51.2. The minimum Gasteiger partial charge on any atom is -0.479 e. The molecule has 0 radical (unpaired) electrons. The second-order valence-corrected chi connectivity index (χ2v) is 10.9. The minimum atomic E-state index is -1.44. The van der Waals surface area contributed by atoms with Gasteiger partial charge in [-0.05, 0) is 38.5 Å². The normalized spacial score (nSPS) is 47.2. The fourth-order valence-corrected chi connectivity index (χ4v) is 5.93. The van der Waals surface area contributed by atoms with E-state index in [0.717, 1.165) is 32.1 Å². The molecule has 1 aliphatic carbocycles. The maximum Gasteiger partial charge on any atom is 0.332 e. The minimum absolute atomic E-state index is 0.0754. The summed E-state index contributed by atoms with van der Waals surface area (Å²) in [6.07, 6.45) is -6.14. The number of ether oxygens (including phenoxy) is 6. The Morgan fingerprint density at radius 1 is 0.842 bits per heavy atom. The number of aliphatic hydroxyl groups excluding tert-OH is 4. The van der Waals surface area contributed by atoms with E-state index < -0.39 is 79.6 Å². The van der Waals surface area contributed by atoms with E-state index in [4.69, 9.17) is 28.4 Å². The van der Waals surface area contributed by atoms with Gasteiger partial charge >= 0.3 is 5.97 Å². The third kappa shape index (κ3) is 6.85. The number of carboxylic acids is 1. The Hall–Kier alpha value is -0.930. The lowest BCUT2D eigenvalue weighted by atomic mass is 9.82. The molecule has 13 atom stereocenters. The maximum atomic E-state index is 11.8. The fraction of sp³-hybridized carbons (Fsp3) is 0.962. The zero-order chi connectivity index (χ0) is 27.4. The molecule has 12 nitrogen and oxygen atoms in total. The van der Waals surface area contributed by atoms with Gasteiger partial charge in [-0.2, -0.15) is 0 Å². The molecule has 4 fully saturated rings. The zero-order valence-electron chi connectivity index (χ0n) is 22.2. The molecule has 0 bridgehead atoms. The van der Waals surface area contributed by atoms with E-state index in [1.165, 1.54) is 0 Å². The van der Waals surface area contributed by atoms with Crippen molar-refractivity contribution < 1.29 is 58.7 Å². The number of fused-ring (bicyclic) bond motifs is 1. The quantitative estimate of drug-likeness (QED) is 0.308. The Kier molecular flexibility index (Phi) is 10.8. The summed E-state index contributed by atoms with van der Waals surface area (Å²) in [6.45, 7) is 3.92. The van der Waals surface area contributed by atoms with E-state index in [1.807, 2.05) is 6.92 Å². The molecule has 220 valence electrons. The predicted molar refractivity (Wildman–Crippen MR) is 130 cm³/mol. The van der Waals surface area contributed by atoms with E-state index >= 15 is 0 Å². The standard InChI is InChI=1S/C26H44O12/c1-3-14-8-7-10-16(21(14)38-25-20(30)19(29)18(28)13(2)35-25)37-26-23-22(15(27)12-34-26)36-17(24(31)32)9-5-4-6-11-33-23/h13-23,25-30H,3-12H2,1-2H3,(H,31,32). The van der Waals surface area contributed by atoms with Crippen molar-refractivity contribution in [2.45, 2.75) is 139 Å². The van der Waals surface area contributed by atoms with Crippen molar-refractivity contribution in [3.05, 3.63) is 0 Å². The Balaban J connectivity index is 1.51. The Morgan fingerprint density at radius 2 is 1.63 bits per heavy atom. The summed E-state index contributed by atoms with van der Waals surface area (Å²) in [5.74, 6) is -1.01. The number of aliphatic carboxylic acids is 1. The first-order valence-corrected chi connectivity index (χ1v) is 14.0. The maximum absolute atomic E-state index is 11.8. The van der Waals surface area contributed by atoms with Crippen LogP contribution in [0.15, 0.2) is 0 Å². The van der Waals surface area contributed by atoms with Crippen LogP contribution in [0.4, 0.5) is 0 Å². The summed E-state index contributed by atoms with van der Waals surface area (Å²) in [4.78, 5) is 11.8. The average molecular weight is 549 g/mol. The van der Waals surface area contributed by atoms with Gasteiger partial charge in [-0.15, -0.1) is 0 Å². The predicted octanol–water partition coefficient (Wildman–Crippen LogP) is 0.309. The van der Waals surface area contributed by atoms with E-state index in [0.29, 0.717) is 25.9 Å². The lowest BCUT2D eigenvalue weighted by Crippen LogP contribution is -2.61. The Bertz CT molecular complexity index is 754. The molecule has 38 heavy (non-hydrogen) atoms. The van der Waals surface area contributed by atoms with Gasteiger partial charge in [0.15, 0.2) is 18.7 Å². The van der Waals surface area contributed by atoms with Crippen LogP contribution in [0.5, 0.6) is 0 Å². The molecule has 1 saturated carbocycles. The number of hydrogen-bond acceptors (Lipinski definition) is 11. The van der Waals surface area contributed by atoms with Gasteiger partial charge in [-0.3, -0.25) is 0 Å². The molecule has 3 heterocycles. The monoisotopic (exact) mass is 548 g/mol. The van der Waals surface area contributed by atoms with Crippen molar-refractivity contribution in [1.82, 2.24) is 0 Å². The van der Waals surface area contributed by atoms with Gasteiger partial charge in [-0.25, -0.2) is 4.79 Å². The van der Waals surface area contributed by atoms with Gasteiger partial charge < -0.3 is 54.0 Å². The molecule has 4 rings (SSSR count). The molecule has 0 aromatic heterocycles. The number of hydrogen-bond donors (Lipinski definition) is 5. The molecule has 0 spiro atoms. The average Bonchev–Trinajstić information content (AvgIpc) is 2.90. The Labute approximate surface area is 223 Å². The smallest absolute Gasteiger partial charge is 0.332 e. The van der Waals surface area contributed by atoms with E-state index in [-0.39, 0.29) is 12.5 Å². The number of carboxylic acid groups (broad SMARTS) is 1. The van der Waals surface area contributed by atoms with Crippen molar-refractivity contribution in [1.29, 1.82) is 0 Å².